The lowest BCUT2D eigenvalue weighted by atomic mass is 9.98. The zero-order chi connectivity index (χ0) is 19.8. The van der Waals surface area contributed by atoms with Crippen LogP contribution in [0.25, 0.3) is 0 Å². The third-order valence-electron chi connectivity index (χ3n) is 4.26. The fraction of sp³-hybridized carbons (Fsp3) is 0.409. The molecule has 0 heterocycles. The number of halogens is 2. The molecule has 3 nitrogen and oxygen atoms in total. The number of benzene rings is 2. The lowest BCUT2D eigenvalue weighted by molar-refractivity contribution is -0.142. The van der Waals surface area contributed by atoms with Gasteiger partial charge in [0.25, 0.3) is 0 Å². The number of unbranched alkanes of at least 4 members (excludes halogenated alkanes) is 1. The number of ketones is 1. The van der Waals surface area contributed by atoms with Crippen LogP contribution in [-0.2, 0) is 20.7 Å². The maximum atomic E-state index is 13.0. The van der Waals surface area contributed by atoms with E-state index in [-0.39, 0.29) is 19.0 Å². The summed E-state index contributed by atoms with van der Waals surface area (Å²) in [6, 6.07) is 11.3. The molecule has 0 spiro atoms. The molecule has 0 aliphatic heterocycles. The largest absolute Gasteiger partial charge is 0.355 e. The van der Waals surface area contributed by atoms with Crippen LogP contribution in [0.4, 0.5) is 0 Å². The second-order valence-corrected chi connectivity index (χ2v) is 7.50. The van der Waals surface area contributed by atoms with Crippen molar-refractivity contribution < 1.29 is 14.3 Å². The van der Waals surface area contributed by atoms with E-state index >= 15 is 0 Å². The van der Waals surface area contributed by atoms with Gasteiger partial charge >= 0.3 is 0 Å². The van der Waals surface area contributed by atoms with Crippen molar-refractivity contribution >= 4 is 29.0 Å². The minimum Gasteiger partial charge on any atom is -0.355 e. The van der Waals surface area contributed by atoms with Crippen molar-refractivity contribution in [2.45, 2.75) is 46.1 Å². The van der Waals surface area contributed by atoms with E-state index in [0.717, 1.165) is 29.5 Å². The minimum atomic E-state index is -0.794. The Labute approximate surface area is 171 Å². The van der Waals surface area contributed by atoms with Gasteiger partial charge in [0.05, 0.1) is 0 Å². The van der Waals surface area contributed by atoms with E-state index in [1.54, 1.807) is 0 Å². The molecule has 0 amide bonds. The van der Waals surface area contributed by atoms with Crippen molar-refractivity contribution in [1.29, 1.82) is 0 Å². The number of hydrogen-bond acceptors (Lipinski definition) is 3. The standard InChI is InChI=1S/C22H26Cl2O3/c1-4-5-10-26-14-27-22(18-9-7-16(3)12-20(18)24)21(25)13-17-8-6-15(2)11-19(17)23/h6-9,11-12,22H,4-5,10,13-14H2,1-3H3. The van der Waals surface area contributed by atoms with Crippen molar-refractivity contribution in [2.24, 2.45) is 0 Å². The molecular weight excluding hydrogens is 383 g/mol. The average Bonchev–Trinajstić information content (AvgIpc) is 2.61. The molecule has 0 aliphatic rings. The molecule has 5 heteroatoms. The third-order valence-corrected chi connectivity index (χ3v) is 4.94. The summed E-state index contributed by atoms with van der Waals surface area (Å²) < 4.78 is 11.3. The summed E-state index contributed by atoms with van der Waals surface area (Å²) in [5.41, 5.74) is 3.50. The highest BCUT2D eigenvalue weighted by atomic mass is 35.5. The van der Waals surface area contributed by atoms with Crippen LogP contribution in [-0.4, -0.2) is 19.2 Å². The molecule has 0 fully saturated rings. The molecule has 0 N–H and O–H groups in total. The molecule has 2 aromatic rings. The van der Waals surface area contributed by atoms with E-state index in [2.05, 4.69) is 6.92 Å². The van der Waals surface area contributed by atoms with Gasteiger partial charge in [0.2, 0.25) is 0 Å². The van der Waals surface area contributed by atoms with Gasteiger partial charge in [0, 0.05) is 28.6 Å². The lowest BCUT2D eigenvalue weighted by Gasteiger charge is -2.19. The number of ether oxygens (including phenoxy) is 2. The van der Waals surface area contributed by atoms with Crippen LogP contribution in [0.5, 0.6) is 0 Å². The lowest BCUT2D eigenvalue weighted by Crippen LogP contribution is -2.20. The van der Waals surface area contributed by atoms with E-state index in [0.29, 0.717) is 22.2 Å². The quantitative estimate of drug-likeness (QED) is 0.344. The van der Waals surface area contributed by atoms with E-state index in [1.165, 1.54) is 0 Å². The number of Topliss-reactive ketones (excluding diaryl/α,β-unsaturated/α-hetero) is 1. The SMILES string of the molecule is CCCCOCOC(C(=O)Cc1ccc(C)cc1Cl)c1ccc(C)cc1Cl. The minimum absolute atomic E-state index is 0.0439. The average molecular weight is 409 g/mol. The predicted molar refractivity (Wildman–Crippen MR) is 111 cm³/mol. The maximum absolute atomic E-state index is 13.0. The Morgan fingerprint density at radius 1 is 1.04 bits per heavy atom. The van der Waals surface area contributed by atoms with Crippen LogP contribution >= 0.6 is 23.2 Å². The molecule has 0 radical (unpaired) electrons. The molecule has 2 aromatic carbocycles. The predicted octanol–water partition coefficient (Wildman–Crippen LogP) is 6.25. The van der Waals surface area contributed by atoms with Gasteiger partial charge in [0.15, 0.2) is 5.78 Å². The van der Waals surface area contributed by atoms with Crippen molar-refractivity contribution in [3.8, 4) is 0 Å². The van der Waals surface area contributed by atoms with E-state index < -0.39 is 6.10 Å². The molecule has 0 saturated heterocycles. The Bertz CT molecular complexity index is 774. The van der Waals surface area contributed by atoms with Crippen LogP contribution < -0.4 is 0 Å². The number of hydrogen-bond donors (Lipinski definition) is 0. The highest BCUT2D eigenvalue weighted by molar-refractivity contribution is 6.32. The van der Waals surface area contributed by atoms with E-state index in [9.17, 15) is 4.79 Å². The summed E-state index contributed by atoms with van der Waals surface area (Å²) in [6.07, 6.45) is 1.37. The fourth-order valence-corrected chi connectivity index (χ4v) is 3.33. The first kappa shape index (κ1) is 21.9. The first-order chi connectivity index (χ1) is 12.9. The maximum Gasteiger partial charge on any atom is 0.170 e. The van der Waals surface area contributed by atoms with Gasteiger partial charge in [-0.25, -0.2) is 0 Å². The highest BCUT2D eigenvalue weighted by Crippen LogP contribution is 2.29. The highest BCUT2D eigenvalue weighted by Gasteiger charge is 2.24. The number of carbonyl (C=O) groups is 1. The summed E-state index contributed by atoms with van der Waals surface area (Å²) in [7, 11) is 0. The Morgan fingerprint density at radius 2 is 1.70 bits per heavy atom. The van der Waals surface area contributed by atoms with Gasteiger partial charge in [-0.2, -0.15) is 0 Å². The Balaban J connectivity index is 2.18. The Kier molecular flexibility index (Phi) is 8.78. The van der Waals surface area contributed by atoms with Gasteiger partial charge in [-0.15, -0.1) is 0 Å². The number of rotatable bonds is 10. The summed E-state index contributed by atoms with van der Waals surface area (Å²) in [6.45, 7) is 6.65. The van der Waals surface area contributed by atoms with Crippen molar-refractivity contribution in [3.63, 3.8) is 0 Å². The molecule has 27 heavy (non-hydrogen) atoms. The number of aryl methyl sites for hydroxylation is 2. The Morgan fingerprint density at radius 3 is 2.33 bits per heavy atom. The first-order valence-corrected chi connectivity index (χ1v) is 9.91. The fourth-order valence-electron chi connectivity index (χ4n) is 2.70. The van der Waals surface area contributed by atoms with Crippen molar-refractivity contribution in [3.05, 3.63) is 68.7 Å². The van der Waals surface area contributed by atoms with Crippen LogP contribution in [0.3, 0.4) is 0 Å². The zero-order valence-electron chi connectivity index (χ0n) is 16.1. The molecule has 146 valence electrons. The molecule has 0 aliphatic carbocycles. The molecule has 0 bridgehead atoms. The van der Waals surface area contributed by atoms with Crippen LogP contribution in [0.1, 0.15) is 48.1 Å². The number of carbonyl (C=O) groups excluding carboxylic acids is 1. The van der Waals surface area contributed by atoms with E-state index in [1.807, 2.05) is 50.2 Å². The summed E-state index contributed by atoms with van der Waals surface area (Å²) in [5, 5.41) is 1.09. The van der Waals surface area contributed by atoms with E-state index in [4.69, 9.17) is 32.7 Å². The normalized spacial score (nSPS) is 12.2. The molecular formula is C22H26Cl2O3. The first-order valence-electron chi connectivity index (χ1n) is 9.15. The molecule has 0 aromatic heterocycles. The van der Waals surface area contributed by atoms with Gasteiger partial charge in [-0.05, 0) is 49.1 Å². The van der Waals surface area contributed by atoms with Gasteiger partial charge in [-0.3, -0.25) is 4.79 Å². The van der Waals surface area contributed by atoms with Crippen LogP contribution in [0, 0.1) is 13.8 Å². The summed E-state index contributed by atoms with van der Waals surface area (Å²) in [4.78, 5) is 13.0. The van der Waals surface area contributed by atoms with Gasteiger partial charge < -0.3 is 9.47 Å². The zero-order valence-corrected chi connectivity index (χ0v) is 17.6. The summed E-state index contributed by atoms with van der Waals surface area (Å²) in [5.74, 6) is -0.106. The molecule has 1 unspecified atom stereocenters. The van der Waals surface area contributed by atoms with Gasteiger partial charge in [0.1, 0.15) is 12.9 Å². The smallest absolute Gasteiger partial charge is 0.170 e. The topological polar surface area (TPSA) is 35.5 Å². The second-order valence-electron chi connectivity index (χ2n) is 6.69. The van der Waals surface area contributed by atoms with Gasteiger partial charge in [-0.1, -0.05) is 60.8 Å². The molecule has 2 rings (SSSR count). The van der Waals surface area contributed by atoms with Crippen LogP contribution in [0.15, 0.2) is 36.4 Å². The third kappa shape index (κ3) is 6.62. The molecule has 0 saturated carbocycles. The second kappa shape index (κ2) is 10.8. The molecule has 1 atom stereocenters. The summed E-state index contributed by atoms with van der Waals surface area (Å²) >= 11 is 12.7. The Hall–Kier alpha value is -1.39. The van der Waals surface area contributed by atoms with Crippen molar-refractivity contribution in [1.82, 2.24) is 0 Å². The van der Waals surface area contributed by atoms with Crippen LogP contribution in [0.2, 0.25) is 10.0 Å². The van der Waals surface area contributed by atoms with Crippen molar-refractivity contribution in [2.75, 3.05) is 13.4 Å². The monoisotopic (exact) mass is 408 g/mol.